The number of hydrogen-bond acceptors (Lipinski definition) is 4. The molecular weight excluding hydrogens is 195 g/mol. The van der Waals surface area contributed by atoms with Gasteiger partial charge in [-0.1, -0.05) is 0 Å². The third-order valence-electron chi connectivity index (χ3n) is 2.57. The summed E-state index contributed by atoms with van der Waals surface area (Å²) in [6, 6.07) is 0. The second kappa shape index (κ2) is 5.02. The SMILES string of the molecule is Fc1cnc(NC[C@H]2CCCNC2)nc1. The van der Waals surface area contributed by atoms with Gasteiger partial charge in [-0.05, 0) is 31.8 Å². The second-order valence-corrected chi connectivity index (χ2v) is 3.82. The molecule has 4 nitrogen and oxygen atoms in total. The van der Waals surface area contributed by atoms with Crippen molar-refractivity contribution in [2.75, 3.05) is 25.0 Å². The van der Waals surface area contributed by atoms with Crippen molar-refractivity contribution >= 4 is 5.95 Å². The van der Waals surface area contributed by atoms with Crippen LogP contribution in [0.25, 0.3) is 0 Å². The molecule has 1 atom stereocenters. The number of anilines is 1. The Balaban J connectivity index is 1.79. The van der Waals surface area contributed by atoms with E-state index in [4.69, 9.17) is 0 Å². The van der Waals surface area contributed by atoms with E-state index in [9.17, 15) is 4.39 Å². The molecule has 2 heterocycles. The summed E-state index contributed by atoms with van der Waals surface area (Å²) in [4.78, 5) is 7.69. The van der Waals surface area contributed by atoms with E-state index in [1.165, 1.54) is 25.2 Å². The molecule has 2 rings (SSSR count). The second-order valence-electron chi connectivity index (χ2n) is 3.82. The lowest BCUT2D eigenvalue weighted by Crippen LogP contribution is -2.33. The van der Waals surface area contributed by atoms with Gasteiger partial charge < -0.3 is 10.6 Å². The Morgan fingerprint density at radius 3 is 2.93 bits per heavy atom. The minimum atomic E-state index is -0.403. The number of rotatable bonds is 3. The predicted octanol–water partition coefficient (Wildman–Crippen LogP) is 1.03. The zero-order chi connectivity index (χ0) is 10.5. The smallest absolute Gasteiger partial charge is 0.222 e. The molecule has 0 bridgehead atoms. The highest BCUT2D eigenvalue weighted by Crippen LogP contribution is 2.10. The highest BCUT2D eigenvalue weighted by molar-refractivity contribution is 5.22. The fraction of sp³-hybridized carbons (Fsp3) is 0.600. The first kappa shape index (κ1) is 10.3. The van der Waals surface area contributed by atoms with Crippen LogP contribution in [0.1, 0.15) is 12.8 Å². The summed E-state index contributed by atoms with van der Waals surface area (Å²) in [5.74, 6) is 0.717. The number of hydrogen-bond donors (Lipinski definition) is 2. The molecule has 0 spiro atoms. The standard InChI is InChI=1S/C10H15FN4/c11-9-6-14-10(15-7-9)13-5-8-2-1-3-12-4-8/h6-8,12H,1-5H2,(H,13,14,15)/t8-/m0/s1. The van der Waals surface area contributed by atoms with Crippen LogP contribution in [0.15, 0.2) is 12.4 Å². The molecule has 5 heteroatoms. The molecule has 1 aromatic heterocycles. The lowest BCUT2D eigenvalue weighted by Gasteiger charge is -2.22. The Bertz CT molecular complexity index is 295. The number of nitrogens with one attached hydrogen (secondary N) is 2. The van der Waals surface area contributed by atoms with Crippen LogP contribution in [0.2, 0.25) is 0 Å². The van der Waals surface area contributed by atoms with Crippen molar-refractivity contribution in [3.05, 3.63) is 18.2 Å². The largest absolute Gasteiger partial charge is 0.354 e. The van der Waals surface area contributed by atoms with Gasteiger partial charge in [0.15, 0.2) is 5.82 Å². The molecule has 0 aliphatic carbocycles. The van der Waals surface area contributed by atoms with Crippen LogP contribution in [-0.2, 0) is 0 Å². The topological polar surface area (TPSA) is 49.8 Å². The van der Waals surface area contributed by atoms with Crippen LogP contribution in [0, 0.1) is 11.7 Å². The molecule has 0 radical (unpaired) electrons. The van der Waals surface area contributed by atoms with Crippen LogP contribution in [0.3, 0.4) is 0 Å². The Kier molecular flexibility index (Phi) is 3.45. The van der Waals surface area contributed by atoms with Crippen molar-refractivity contribution in [3.63, 3.8) is 0 Å². The first-order valence-corrected chi connectivity index (χ1v) is 5.27. The number of piperidine rings is 1. The van der Waals surface area contributed by atoms with Crippen molar-refractivity contribution < 1.29 is 4.39 Å². The molecule has 0 amide bonds. The highest BCUT2D eigenvalue weighted by atomic mass is 19.1. The Hall–Kier alpha value is -1.23. The average Bonchev–Trinajstić information content (AvgIpc) is 2.30. The molecule has 1 aromatic rings. The van der Waals surface area contributed by atoms with Gasteiger partial charge in [-0.25, -0.2) is 14.4 Å². The van der Waals surface area contributed by atoms with E-state index in [2.05, 4.69) is 20.6 Å². The summed E-state index contributed by atoms with van der Waals surface area (Å²) >= 11 is 0. The summed E-state index contributed by atoms with van der Waals surface area (Å²) in [5.41, 5.74) is 0. The van der Waals surface area contributed by atoms with Crippen LogP contribution in [0.4, 0.5) is 10.3 Å². The zero-order valence-corrected chi connectivity index (χ0v) is 8.54. The van der Waals surface area contributed by atoms with Crippen LogP contribution >= 0.6 is 0 Å². The maximum atomic E-state index is 12.5. The van der Waals surface area contributed by atoms with E-state index < -0.39 is 5.82 Å². The van der Waals surface area contributed by atoms with Crippen molar-refractivity contribution in [2.24, 2.45) is 5.92 Å². The van der Waals surface area contributed by atoms with E-state index >= 15 is 0 Å². The Morgan fingerprint density at radius 2 is 2.27 bits per heavy atom. The van der Waals surface area contributed by atoms with Gasteiger partial charge in [0.2, 0.25) is 5.95 Å². The van der Waals surface area contributed by atoms with Gasteiger partial charge in [-0.2, -0.15) is 0 Å². The van der Waals surface area contributed by atoms with Crippen LogP contribution in [-0.4, -0.2) is 29.6 Å². The van der Waals surface area contributed by atoms with E-state index in [-0.39, 0.29) is 0 Å². The summed E-state index contributed by atoms with van der Waals surface area (Å²) in [6.07, 6.45) is 4.79. The first-order valence-electron chi connectivity index (χ1n) is 5.27. The summed E-state index contributed by atoms with van der Waals surface area (Å²) in [7, 11) is 0. The van der Waals surface area contributed by atoms with Crippen LogP contribution in [0.5, 0.6) is 0 Å². The molecule has 0 aromatic carbocycles. The van der Waals surface area contributed by atoms with Crippen LogP contribution < -0.4 is 10.6 Å². The molecule has 1 saturated heterocycles. The summed E-state index contributed by atoms with van der Waals surface area (Å²) in [5, 5.41) is 6.45. The number of halogens is 1. The maximum Gasteiger partial charge on any atom is 0.222 e. The van der Waals surface area contributed by atoms with Gasteiger partial charge in [-0.15, -0.1) is 0 Å². The molecule has 1 aliphatic rings. The molecule has 15 heavy (non-hydrogen) atoms. The van der Waals surface area contributed by atoms with Gasteiger partial charge in [-0.3, -0.25) is 0 Å². The molecule has 0 saturated carbocycles. The predicted molar refractivity (Wildman–Crippen MR) is 56.1 cm³/mol. The minimum absolute atomic E-state index is 0.403. The Labute approximate surface area is 88.3 Å². The van der Waals surface area contributed by atoms with Crippen molar-refractivity contribution in [2.45, 2.75) is 12.8 Å². The van der Waals surface area contributed by atoms with Gasteiger partial charge >= 0.3 is 0 Å². The molecule has 2 N–H and O–H groups in total. The lowest BCUT2D eigenvalue weighted by atomic mass is 10.00. The van der Waals surface area contributed by atoms with Crippen molar-refractivity contribution in [1.29, 1.82) is 0 Å². The maximum absolute atomic E-state index is 12.5. The summed E-state index contributed by atoms with van der Waals surface area (Å²) < 4.78 is 12.5. The number of aromatic nitrogens is 2. The summed E-state index contributed by atoms with van der Waals surface area (Å²) in [6.45, 7) is 3.00. The third-order valence-corrected chi connectivity index (χ3v) is 2.57. The van der Waals surface area contributed by atoms with Gasteiger partial charge in [0.05, 0.1) is 12.4 Å². The molecule has 0 unspecified atom stereocenters. The fourth-order valence-corrected chi connectivity index (χ4v) is 1.74. The average molecular weight is 210 g/mol. The van der Waals surface area contributed by atoms with Gasteiger partial charge in [0, 0.05) is 6.54 Å². The molecule has 82 valence electrons. The molecule has 1 aliphatic heterocycles. The van der Waals surface area contributed by atoms with E-state index in [0.29, 0.717) is 11.9 Å². The van der Waals surface area contributed by atoms with Gasteiger partial charge in [0.1, 0.15) is 0 Å². The zero-order valence-electron chi connectivity index (χ0n) is 8.54. The fourth-order valence-electron chi connectivity index (χ4n) is 1.74. The third kappa shape index (κ3) is 3.13. The minimum Gasteiger partial charge on any atom is -0.354 e. The quantitative estimate of drug-likeness (QED) is 0.782. The number of nitrogens with zero attached hydrogens (tertiary/aromatic N) is 2. The van der Waals surface area contributed by atoms with Crippen molar-refractivity contribution in [3.8, 4) is 0 Å². The van der Waals surface area contributed by atoms with E-state index in [0.717, 1.165) is 19.6 Å². The van der Waals surface area contributed by atoms with Gasteiger partial charge in [0.25, 0.3) is 0 Å². The highest BCUT2D eigenvalue weighted by Gasteiger charge is 2.12. The monoisotopic (exact) mass is 210 g/mol. The first-order chi connectivity index (χ1) is 7.34. The van der Waals surface area contributed by atoms with E-state index in [1.54, 1.807) is 0 Å². The molecule has 1 fully saturated rings. The molecular formula is C10H15FN4. The Morgan fingerprint density at radius 1 is 1.47 bits per heavy atom. The lowest BCUT2D eigenvalue weighted by molar-refractivity contribution is 0.392. The van der Waals surface area contributed by atoms with E-state index in [1.807, 2.05) is 0 Å². The van der Waals surface area contributed by atoms with Crippen molar-refractivity contribution in [1.82, 2.24) is 15.3 Å². The normalized spacial score (nSPS) is 21.3.